The Kier molecular flexibility index (Phi) is 6.61. The van der Waals surface area contributed by atoms with Gasteiger partial charge in [-0.1, -0.05) is 24.3 Å². The third kappa shape index (κ3) is 5.20. The molecule has 1 N–H and O–H groups in total. The minimum Gasteiger partial charge on any atom is -0.484 e. The number of esters is 1. The number of carbonyl (C=O) groups is 2. The van der Waals surface area contributed by atoms with Gasteiger partial charge in [-0.25, -0.2) is 9.18 Å². The van der Waals surface area contributed by atoms with Crippen molar-refractivity contribution in [3.8, 4) is 16.9 Å². The molecule has 0 saturated heterocycles. The van der Waals surface area contributed by atoms with Crippen LogP contribution in [0.2, 0.25) is 0 Å². The van der Waals surface area contributed by atoms with E-state index in [-0.39, 0.29) is 24.6 Å². The molecular weight excluding hydrogens is 393 g/mol. The average molecular weight is 413 g/mol. The first-order chi connectivity index (χ1) is 14.0. The Morgan fingerprint density at radius 1 is 1.14 bits per heavy atom. The van der Waals surface area contributed by atoms with Crippen LogP contribution in [0, 0.1) is 12.7 Å². The number of ether oxygens (including phenoxy) is 2. The zero-order valence-corrected chi connectivity index (χ0v) is 16.8. The highest BCUT2D eigenvalue weighted by Gasteiger charge is 2.23. The van der Waals surface area contributed by atoms with Gasteiger partial charge in [0.25, 0.3) is 5.91 Å². The van der Waals surface area contributed by atoms with Crippen LogP contribution < -0.4 is 10.1 Å². The Morgan fingerprint density at radius 3 is 2.59 bits per heavy atom. The molecule has 0 saturated carbocycles. The second kappa shape index (κ2) is 9.34. The predicted octanol–water partition coefficient (Wildman–Crippen LogP) is 5.06. The van der Waals surface area contributed by atoms with Gasteiger partial charge in [0, 0.05) is 10.9 Å². The summed E-state index contributed by atoms with van der Waals surface area (Å²) in [5.41, 5.74) is 2.49. The number of rotatable bonds is 7. The van der Waals surface area contributed by atoms with Gasteiger partial charge in [0.2, 0.25) is 0 Å². The number of hydrogen-bond acceptors (Lipinski definition) is 5. The van der Waals surface area contributed by atoms with E-state index in [4.69, 9.17) is 9.47 Å². The van der Waals surface area contributed by atoms with Gasteiger partial charge in [-0.15, -0.1) is 11.3 Å². The number of nitrogens with one attached hydrogen (secondary N) is 1. The van der Waals surface area contributed by atoms with Gasteiger partial charge >= 0.3 is 5.97 Å². The number of thiophene rings is 1. The molecule has 29 heavy (non-hydrogen) atoms. The van der Waals surface area contributed by atoms with Crippen molar-refractivity contribution in [2.24, 2.45) is 0 Å². The predicted molar refractivity (Wildman–Crippen MR) is 111 cm³/mol. The zero-order chi connectivity index (χ0) is 20.8. The molecule has 0 aliphatic heterocycles. The lowest BCUT2D eigenvalue weighted by Crippen LogP contribution is -2.21. The third-order valence-electron chi connectivity index (χ3n) is 4.04. The molecule has 1 heterocycles. The van der Waals surface area contributed by atoms with Gasteiger partial charge in [0.05, 0.1) is 6.61 Å². The maximum Gasteiger partial charge on any atom is 0.341 e. The molecule has 0 unspecified atom stereocenters. The highest BCUT2D eigenvalue weighted by molar-refractivity contribution is 7.15. The summed E-state index contributed by atoms with van der Waals surface area (Å²) in [5.74, 6) is -0.736. The molecule has 1 aromatic heterocycles. The number of benzene rings is 2. The van der Waals surface area contributed by atoms with Crippen molar-refractivity contribution in [3.05, 3.63) is 70.9 Å². The van der Waals surface area contributed by atoms with Gasteiger partial charge in [0.1, 0.15) is 22.1 Å². The lowest BCUT2D eigenvalue weighted by Gasteiger charge is -2.10. The molecule has 0 aliphatic rings. The number of aryl methyl sites for hydroxylation is 1. The summed E-state index contributed by atoms with van der Waals surface area (Å²) in [6.45, 7) is 3.63. The van der Waals surface area contributed by atoms with E-state index < -0.39 is 11.9 Å². The first-order valence-corrected chi connectivity index (χ1v) is 9.89. The number of carbonyl (C=O) groups excluding carboxylic acids is 2. The van der Waals surface area contributed by atoms with E-state index in [2.05, 4.69) is 5.32 Å². The number of halogens is 1. The molecule has 7 heteroatoms. The lowest BCUT2D eigenvalue weighted by molar-refractivity contribution is -0.118. The summed E-state index contributed by atoms with van der Waals surface area (Å²) in [4.78, 5) is 24.9. The number of hydrogen-bond donors (Lipinski definition) is 1. The van der Waals surface area contributed by atoms with Gasteiger partial charge in [-0.05, 0) is 49.2 Å². The summed E-state index contributed by atoms with van der Waals surface area (Å²) >= 11 is 1.20. The Labute approximate surface area is 172 Å². The minimum absolute atomic E-state index is 0.196. The van der Waals surface area contributed by atoms with Crippen molar-refractivity contribution in [3.63, 3.8) is 0 Å². The summed E-state index contributed by atoms with van der Waals surface area (Å²) in [6, 6.07) is 13.2. The van der Waals surface area contributed by atoms with Gasteiger partial charge in [-0.3, -0.25) is 4.79 Å². The third-order valence-corrected chi connectivity index (χ3v) is 4.93. The van der Waals surface area contributed by atoms with Gasteiger partial charge in [-0.2, -0.15) is 0 Å². The highest BCUT2D eigenvalue weighted by atomic mass is 32.1. The van der Waals surface area contributed by atoms with Crippen molar-refractivity contribution in [2.45, 2.75) is 13.8 Å². The molecule has 0 bridgehead atoms. The second-order valence-electron chi connectivity index (χ2n) is 6.23. The zero-order valence-electron chi connectivity index (χ0n) is 16.0. The van der Waals surface area contributed by atoms with Crippen LogP contribution in [0.5, 0.6) is 5.75 Å². The molecule has 0 spiro atoms. The quantitative estimate of drug-likeness (QED) is 0.550. The van der Waals surface area contributed by atoms with E-state index in [1.807, 2.05) is 25.1 Å². The Bertz CT molecular complexity index is 1010. The molecule has 3 aromatic rings. The number of amides is 1. The molecule has 2 aromatic carbocycles. The van der Waals surface area contributed by atoms with Crippen LogP contribution in [-0.4, -0.2) is 25.1 Å². The van der Waals surface area contributed by atoms with Crippen molar-refractivity contribution in [1.82, 2.24) is 0 Å². The van der Waals surface area contributed by atoms with Crippen LogP contribution in [0.15, 0.2) is 53.9 Å². The van der Waals surface area contributed by atoms with E-state index in [1.165, 1.54) is 23.5 Å². The first-order valence-electron chi connectivity index (χ1n) is 9.01. The molecular formula is C22H20FNO4S. The molecule has 3 rings (SSSR count). The fourth-order valence-electron chi connectivity index (χ4n) is 2.71. The monoisotopic (exact) mass is 413 g/mol. The van der Waals surface area contributed by atoms with E-state index >= 15 is 0 Å². The first kappa shape index (κ1) is 20.5. The van der Waals surface area contributed by atoms with Crippen LogP contribution >= 0.6 is 11.3 Å². The van der Waals surface area contributed by atoms with Crippen LogP contribution in [0.1, 0.15) is 22.8 Å². The van der Waals surface area contributed by atoms with Crippen LogP contribution in [0.4, 0.5) is 9.39 Å². The number of anilines is 1. The Hall–Kier alpha value is -3.19. The fourth-order valence-corrected chi connectivity index (χ4v) is 3.69. The van der Waals surface area contributed by atoms with Gasteiger partial charge < -0.3 is 14.8 Å². The van der Waals surface area contributed by atoms with E-state index in [1.54, 1.807) is 30.5 Å². The van der Waals surface area contributed by atoms with E-state index in [0.717, 1.165) is 5.56 Å². The summed E-state index contributed by atoms with van der Waals surface area (Å²) in [6.07, 6.45) is 0. The van der Waals surface area contributed by atoms with E-state index in [9.17, 15) is 14.0 Å². The topological polar surface area (TPSA) is 64.6 Å². The van der Waals surface area contributed by atoms with Crippen molar-refractivity contribution in [2.75, 3.05) is 18.5 Å². The second-order valence-corrected chi connectivity index (χ2v) is 7.11. The summed E-state index contributed by atoms with van der Waals surface area (Å²) < 4.78 is 23.9. The molecule has 0 fully saturated rings. The normalized spacial score (nSPS) is 10.4. The largest absolute Gasteiger partial charge is 0.484 e. The Morgan fingerprint density at radius 2 is 1.90 bits per heavy atom. The molecule has 0 radical (unpaired) electrons. The SMILES string of the molecule is CCOC(=O)c1c(-c2ccc(F)cc2)csc1NC(=O)COc1cccc(C)c1. The summed E-state index contributed by atoms with van der Waals surface area (Å²) in [7, 11) is 0. The smallest absolute Gasteiger partial charge is 0.341 e. The fraction of sp³-hybridized carbons (Fsp3) is 0.182. The van der Waals surface area contributed by atoms with Crippen molar-refractivity contribution in [1.29, 1.82) is 0 Å². The van der Waals surface area contributed by atoms with Crippen LogP contribution in [0.3, 0.4) is 0 Å². The molecule has 0 aliphatic carbocycles. The maximum atomic E-state index is 13.2. The minimum atomic E-state index is -0.553. The molecule has 5 nitrogen and oxygen atoms in total. The highest BCUT2D eigenvalue weighted by Crippen LogP contribution is 2.36. The Balaban J connectivity index is 1.79. The van der Waals surface area contributed by atoms with Crippen LogP contribution in [-0.2, 0) is 9.53 Å². The summed E-state index contributed by atoms with van der Waals surface area (Å²) in [5, 5.41) is 4.81. The molecule has 150 valence electrons. The van der Waals surface area contributed by atoms with E-state index in [0.29, 0.717) is 21.9 Å². The van der Waals surface area contributed by atoms with Crippen molar-refractivity contribution < 1.29 is 23.5 Å². The maximum absolute atomic E-state index is 13.2. The molecule has 1 amide bonds. The molecule has 0 atom stereocenters. The average Bonchev–Trinajstić information content (AvgIpc) is 3.11. The van der Waals surface area contributed by atoms with Gasteiger partial charge in [0.15, 0.2) is 6.61 Å². The lowest BCUT2D eigenvalue weighted by atomic mass is 10.0. The standard InChI is InChI=1S/C22H20FNO4S/c1-3-27-22(26)20-18(15-7-9-16(23)10-8-15)13-29-21(20)24-19(25)12-28-17-6-4-5-14(2)11-17/h4-11,13H,3,12H2,1-2H3,(H,24,25). The van der Waals surface area contributed by atoms with Crippen molar-refractivity contribution >= 4 is 28.2 Å². The van der Waals surface area contributed by atoms with Crippen LogP contribution in [0.25, 0.3) is 11.1 Å².